The second kappa shape index (κ2) is 5.48. The molecule has 0 radical (unpaired) electrons. The minimum Gasteiger partial charge on any atom is -0.314 e. The lowest BCUT2D eigenvalue weighted by Gasteiger charge is -2.39. The quantitative estimate of drug-likeness (QED) is 0.818. The minimum atomic E-state index is 0.771. The van der Waals surface area contributed by atoms with Crippen molar-refractivity contribution >= 4 is 0 Å². The standard InChI is InChI=1S/C15H29N3/c1-12-9-15(6-7-17(12)2)18-8-5-13(11-18)10-16-14-3-4-14/h12-16H,3-11H2,1-2H3. The van der Waals surface area contributed by atoms with Gasteiger partial charge in [-0.05, 0) is 71.6 Å². The summed E-state index contributed by atoms with van der Waals surface area (Å²) in [6.45, 7) is 7.63. The Balaban J connectivity index is 1.43. The fraction of sp³-hybridized carbons (Fsp3) is 1.00. The molecule has 3 nitrogen and oxygen atoms in total. The summed E-state index contributed by atoms with van der Waals surface area (Å²) in [6, 6.07) is 2.51. The number of nitrogens with zero attached hydrogens (tertiary/aromatic N) is 2. The molecule has 18 heavy (non-hydrogen) atoms. The molecule has 1 aliphatic carbocycles. The van der Waals surface area contributed by atoms with Gasteiger partial charge in [0.25, 0.3) is 0 Å². The van der Waals surface area contributed by atoms with Crippen molar-refractivity contribution in [3.8, 4) is 0 Å². The van der Waals surface area contributed by atoms with Crippen LogP contribution in [0.2, 0.25) is 0 Å². The van der Waals surface area contributed by atoms with Crippen molar-refractivity contribution < 1.29 is 0 Å². The van der Waals surface area contributed by atoms with Crippen LogP contribution in [0.1, 0.15) is 39.0 Å². The number of likely N-dealkylation sites (tertiary alicyclic amines) is 2. The van der Waals surface area contributed by atoms with E-state index in [9.17, 15) is 0 Å². The smallest absolute Gasteiger partial charge is 0.0122 e. The zero-order valence-electron chi connectivity index (χ0n) is 12.1. The second-order valence-corrected chi connectivity index (χ2v) is 6.84. The molecule has 3 aliphatic rings. The molecule has 2 aliphatic heterocycles. The fourth-order valence-corrected chi connectivity index (χ4v) is 3.58. The summed E-state index contributed by atoms with van der Waals surface area (Å²) < 4.78 is 0. The van der Waals surface area contributed by atoms with Crippen LogP contribution in [-0.4, -0.2) is 61.2 Å². The summed E-state index contributed by atoms with van der Waals surface area (Å²) in [5.74, 6) is 0.917. The largest absolute Gasteiger partial charge is 0.314 e. The molecule has 1 N–H and O–H groups in total. The van der Waals surface area contributed by atoms with Gasteiger partial charge in [0.1, 0.15) is 0 Å². The molecule has 0 aromatic heterocycles. The van der Waals surface area contributed by atoms with Gasteiger partial charge in [-0.15, -0.1) is 0 Å². The predicted molar refractivity (Wildman–Crippen MR) is 75.8 cm³/mol. The third kappa shape index (κ3) is 3.06. The maximum atomic E-state index is 3.70. The summed E-state index contributed by atoms with van der Waals surface area (Å²) in [4.78, 5) is 5.29. The van der Waals surface area contributed by atoms with Crippen molar-refractivity contribution in [2.24, 2.45) is 5.92 Å². The lowest BCUT2D eigenvalue weighted by atomic mass is 9.98. The molecule has 3 fully saturated rings. The molecule has 3 atom stereocenters. The van der Waals surface area contributed by atoms with E-state index in [0.29, 0.717) is 0 Å². The SMILES string of the molecule is CC1CC(N2CCC(CNC3CC3)C2)CCN1C. The maximum Gasteiger partial charge on any atom is 0.0122 e. The number of rotatable bonds is 4. The van der Waals surface area contributed by atoms with Gasteiger partial charge in [-0.1, -0.05) is 0 Å². The summed E-state index contributed by atoms with van der Waals surface area (Å²) in [7, 11) is 2.27. The Kier molecular flexibility index (Phi) is 3.92. The van der Waals surface area contributed by atoms with E-state index >= 15 is 0 Å². The number of hydrogen-bond donors (Lipinski definition) is 1. The molecule has 3 heteroatoms. The van der Waals surface area contributed by atoms with Gasteiger partial charge in [0.05, 0.1) is 0 Å². The average Bonchev–Trinajstić information content (AvgIpc) is 3.08. The van der Waals surface area contributed by atoms with Crippen LogP contribution in [0.25, 0.3) is 0 Å². The van der Waals surface area contributed by atoms with Crippen molar-refractivity contribution in [1.29, 1.82) is 0 Å². The zero-order valence-corrected chi connectivity index (χ0v) is 12.1. The third-order valence-corrected chi connectivity index (χ3v) is 5.29. The van der Waals surface area contributed by atoms with Crippen LogP contribution in [0.15, 0.2) is 0 Å². The lowest BCUT2D eigenvalue weighted by Crippen LogP contribution is -2.47. The first-order chi connectivity index (χ1) is 8.72. The molecule has 0 aromatic rings. The Bertz CT molecular complexity index is 277. The average molecular weight is 251 g/mol. The monoisotopic (exact) mass is 251 g/mol. The van der Waals surface area contributed by atoms with Crippen LogP contribution in [-0.2, 0) is 0 Å². The highest BCUT2D eigenvalue weighted by Gasteiger charge is 2.32. The first kappa shape index (κ1) is 12.9. The Morgan fingerprint density at radius 2 is 1.94 bits per heavy atom. The van der Waals surface area contributed by atoms with Gasteiger partial charge in [-0.3, -0.25) is 4.90 Å². The third-order valence-electron chi connectivity index (χ3n) is 5.29. The first-order valence-corrected chi connectivity index (χ1v) is 7.90. The molecule has 0 amide bonds. The predicted octanol–water partition coefficient (Wildman–Crippen LogP) is 1.54. The van der Waals surface area contributed by atoms with Crippen molar-refractivity contribution in [2.75, 3.05) is 33.2 Å². The highest BCUT2D eigenvalue weighted by atomic mass is 15.2. The summed E-state index contributed by atoms with van der Waals surface area (Å²) in [5, 5.41) is 3.70. The van der Waals surface area contributed by atoms with Crippen molar-refractivity contribution in [2.45, 2.75) is 57.2 Å². The van der Waals surface area contributed by atoms with E-state index < -0.39 is 0 Å². The zero-order chi connectivity index (χ0) is 12.5. The van der Waals surface area contributed by atoms with Crippen LogP contribution in [0, 0.1) is 5.92 Å². The van der Waals surface area contributed by atoms with Crippen LogP contribution >= 0.6 is 0 Å². The van der Waals surface area contributed by atoms with E-state index in [1.54, 1.807) is 0 Å². The lowest BCUT2D eigenvalue weighted by molar-refractivity contribution is 0.101. The molecular weight excluding hydrogens is 222 g/mol. The topological polar surface area (TPSA) is 18.5 Å². The molecular formula is C15H29N3. The highest BCUT2D eigenvalue weighted by molar-refractivity contribution is 4.89. The maximum absolute atomic E-state index is 3.70. The van der Waals surface area contributed by atoms with Gasteiger partial charge in [0, 0.05) is 24.7 Å². The Morgan fingerprint density at radius 1 is 1.11 bits per heavy atom. The van der Waals surface area contributed by atoms with Gasteiger partial charge in [0.15, 0.2) is 0 Å². The van der Waals surface area contributed by atoms with E-state index in [4.69, 9.17) is 0 Å². The number of hydrogen-bond acceptors (Lipinski definition) is 3. The molecule has 2 saturated heterocycles. The van der Waals surface area contributed by atoms with Gasteiger partial charge in [0.2, 0.25) is 0 Å². The highest BCUT2D eigenvalue weighted by Crippen LogP contribution is 2.27. The molecule has 104 valence electrons. The number of nitrogens with one attached hydrogen (secondary N) is 1. The van der Waals surface area contributed by atoms with Crippen LogP contribution in [0.5, 0.6) is 0 Å². The minimum absolute atomic E-state index is 0.771. The van der Waals surface area contributed by atoms with Crippen molar-refractivity contribution in [3.05, 3.63) is 0 Å². The molecule has 2 heterocycles. The Labute approximate surface area is 112 Å². The normalized spacial score (nSPS) is 39.3. The molecule has 0 aromatic carbocycles. The molecule has 3 unspecified atom stereocenters. The molecule has 0 spiro atoms. The van der Waals surface area contributed by atoms with Crippen molar-refractivity contribution in [1.82, 2.24) is 15.1 Å². The van der Waals surface area contributed by atoms with Crippen LogP contribution < -0.4 is 5.32 Å². The van der Waals surface area contributed by atoms with Crippen LogP contribution in [0.3, 0.4) is 0 Å². The Morgan fingerprint density at radius 3 is 2.67 bits per heavy atom. The van der Waals surface area contributed by atoms with E-state index in [-0.39, 0.29) is 0 Å². The fourth-order valence-electron chi connectivity index (χ4n) is 3.58. The van der Waals surface area contributed by atoms with E-state index in [0.717, 1.165) is 24.0 Å². The summed E-state index contributed by atoms with van der Waals surface area (Å²) in [5.41, 5.74) is 0. The second-order valence-electron chi connectivity index (χ2n) is 6.84. The number of piperidine rings is 1. The summed E-state index contributed by atoms with van der Waals surface area (Å²) >= 11 is 0. The van der Waals surface area contributed by atoms with Gasteiger partial charge < -0.3 is 10.2 Å². The molecule has 3 rings (SSSR count). The Hall–Kier alpha value is -0.120. The van der Waals surface area contributed by atoms with E-state index in [1.807, 2.05) is 0 Å². The van der Waals surface area contributed by atoms with Crippen molar-refractivity contribution in [3.63, 3.8) is 0 Å². The molecule has 0 bridgehead atoms. The molecule has 1 saturated carbocycles. The van der Waals surface area contributed by atoms with Gasteiger partial charge >= 0.3 is 0 Å². The van der Waals surface area contributed by atoms with E-state index in [1.165, 1.54) is 58.3 Å². The van der Waals surface area contributed by atoms with E-state index in [2.05, 4.69) is 29.1 Å². The first-order valence-electron chi connectivity index (χ1n) is 7.90. The summed E-state index contributed by atoms with van der Waals surface area (Å²) in [6.07, 6.45) is 7.01. The van der Waals surface area contributed by atoms with Gasteiger partial charge in [-0.25, -0.2) is 0 Å². The van der Waals surface area contributed by atoms with Crippen LogP contribution in [0.4, 0.5) is 0 Å². The van der Waals surface area contributed by atoms with Gasteiger partial charge in [-0.2, -0.15) is 0 Å².